The maximum absolute atomic E-state index is 6.52. The summed E-state index contributed by atoms with van der Waals surface area (Å²) in [6.07, 6.45) is 0. The van der Waals surface area contributed by atoms with E-state index < -0.39 is 0 Å². The van der Waals surface area contributed by atoms with E-state index in [0.29, 0.717) is 0 Å². The maximum atomic E-state index is 6.52. The molecule has 1 heterocycles. The zero-order chi connectivity index (χ0) is 27.9. The molecule has 0 saturated carbocycles. The van der Waals surface area contributed by atoms with Crippen molar-refractivity contribution in [2.45, 2.75) is 0 Å². The zero-order valence-corrected chi connectivity index (χ0v) is 22.9. The third kappa shape index (κ3) is 4.22. The summed E-state index contributed by atoms with van der Waals surface area (Å²) in [5, 5.41) is 2.30. The fourth-order valence-electron chi connectivity index (χ4n) is 6.02. The summed E-state index contributed by atoms with van der Waals surface area (Å²) in [6, 6.07) is 57.9. The molecule has 7 aromatic carbocycles. The van der Waals surface area contributed by atoms with Crippen LogP contribution in [-0.4, -0.2) is 0 Å². The number of fused-ring (bicyclic) bond motifs is 2. The predicted octanol–water partition coefficient (Wildman–Crippen LogP) is 11.4. The van der Waals surface area contributed by atoms with E-state index in [9.17, 15) is 0 Å². The van der Waals surface area contributed by atoms with Gasteiger partial charge in [-0.1, -0.05) is 109 Å². The Morgan fingerprint density at radius 1 is 0.357 bits per heavy atom. The average Bonchev–Trinajstić information content (AvgIpc) is 3.06. The summed E-state index contributed by atoms with van der Waals surface area (Å²) in [5.74, 6) is 1.78. The minimum atomic E-state index is 0.881. The van der Waals surface area contributed by atoms with Gasteiger partial charge in [-0.3, -0.25) is 0 Å². The Bertz CT molecular complexity index is 2030. The number of hydrogen-bond acceptors (Lipinski definition) is 2. The molecule has 0 fully saturated rings. The second-order valence-electron chi connectivity index (χ2n) is 10.6. The molecule has 7 aromatic rings. The van der Waals surface area contributed by atoms with Gasteiger partial charge in [0.1, 0.15) is 11.5 Å². The maximum Gasteiger partial charge on any atom is 0.135 e. The summed E-state index contributed by atoms with van der Waals surface area (Å²) >= 11 is 0. The minimum absolute atomic E-state index is 0.881. The van der Waals surface area contributed by atoms with Crippen molar-refractivity contribution in [3.8, 4) is 44.9 Å². The van der Waals surface area contributed by atoms with Gasteiger partial charge in [0.25, 0.3) is 0 Å². The van der Waals surface area contributed by atoms with Crippen molar-refractivity contribution in [1.29, 1.82) is 0 Å². The lowest BCUT2D eigenvalue weighted by Crippen LogP contribution is -2.10. The Hall–Kier alpha value is -5.60. The first-order chi connectivity index (χ1) is 20.8. The highest BCUT2D eigenvalue weighted by Gasteiger charge is 2.23. The van der Waals surface area contributed by atoms with Crippen LogP contribution in [0.25, 0.3) is 44.2 Å². The molecule has 0 N–H and O–H groups in total. The highest BCUT2D eigenvalue weighted by molar-refractivity contribution is 6.07. The third-order valence-electron chi connectivity index (χ3n) is 8.03. The van der Waals surface area contributed by atoms with Crippen LogP contribution in [0.5, 0.6) is 11.5 Å². The fourth-order valence-corrected chi connectivity index (χ4v) is 6.02. The van der Waals surface area contributed by atoms with E-state index in [4.69, 9.17) is 4.74 Å². The molecule has 0 spiro atoms. The van der Waals surface area contributed by atoms with Gasteiger partial charge in [-0.15, -0.1) is 0 Å². The molecule has 0 atom stereocenters. The van der Waals surface area contributed by atoms with Crippen LogP contribution in [0.4, 0.5) is 17.1 Å². The standard InChI is InChI=1S/C40H27NO/c1-4-11-28(12-5-1)30-19-22-34(23-20-30)41(33-16-8-3-9-17-33)35-25-32-15-10-18-38-40(32)37(27-35)36-24-21-31(26-39(36)42-38)29-13-6-2-7-14-29/h1-27H. The average molecular weight is 538 g/mol. The summed E-state index contributed by atoms with van der Waals surface area (Å²) in [7, 11) is 0. The number of ether oxygens (including phenoxy) is 1. The van der Waals surface area contributed by atoms with E-state index in [1.54, 1.807) is 0 Å². The summed E-state index contributed by atoms with van der Waals surface area (Å²) in [5.41, 5.74) is 10.3. The molecule has 0 amide bonds. The van der Waals surface area contributed by atoms with Gasteiger partial charge in [-0.05, 0) is 87.8 Å². The number of anilines is 3. The Morgan fingerprint density at radius 2 is 0.952 bits per heavy atom. The van der Waals surface area contributed by atoms with Crippen molar-refractivity contribution in [1.82, 2.24) is 0 Å². The van der Waals surface area contributed by atoms with Crippen molar-refractivity contribution >= 4 is 27.8 Å². The van der Waals surface area contributed by atoms with Gasteiger partial charge in [-0.25, -0.2) is 0 Å². The lowest BCUT2D eigenvalue weighted by Gasteiger charge is -2.28. The molecule has 198 valence electrons. The quantitative estimate of drug-likeness (QED) is 0.216. The van der Waals surface area contributed by atoms with Crippen LogP contribution in [0.15, 0.2) is 164 Å². The van der Waals surface area contributed by atoms with E-state index in [1.807, 2.05) is 6.07 Å². The molecule has 0 unspecified atom stereocenters. The van der Waals surface area contributed by atoms with Crippen LogP contribution in [0.3, 0.4) is 0 Å². The molecule has 1 aliphatic rings. The summed E-state index contributed by atoms with van der Waals surface area (Å²) in [6.45, 7) is 0. The van der Waals surface area contributed by atoms with Crippen molar-refractivity contribution < 1.29 is 4.74 Å². The third-order valence-corrected chi connectivity index (χ3v) is 8.03. The molecule has 0 aliphatic carbocycles. The number of rotatable bonds is 5. The Kier molecular flexibility index (Phi) is 5.82. The van der Waals surface area contributed by atoms with E-state index in [1.165, 1.54) is 22.3 Å². The molecule has 0 radical (unpaired) electrons. The molecule has 0 aromatic heterocycles. The van der Waals surface area contributed by atoms with Gasteiger partial charge in [0, 0.05) is 28.0 Å². The summed E-state index contributed by atoms with van der Waals surface area (Å²) in [4.78, 5) is 2.34. The SMILES string of the molecule is c1ccc(-c2ccc(N(c3ccccc3)c3cc4c5c(cccc5c3)Oc3cc(-c5ccccc5)ccc3-4)cc2)cc1. The number of nitrogens with zero attached hydrogens (tertiary/aromatic N) is 1. The van der Waals surface area contributed by atoms with Crippen molar-refractivity contribution in [2.75, 3.05) is 4.90 Å². The van der Waals surface area contributed by atoms with Gasteiger partial charge >= 0.3 is 0 Å². The van der Waals surface area contributed by atoms with Gasteiger partial charge in [0.2, 0.25) is 0 Å². The predicted molar refractivity (Wildman–Crippen MR) is 175 cm³/mol. The first-order valence-corrected chi connectivity index (χ1v) is 14.3. The van der Waals surface area contributed by atoms with Crippen molar-refractivity contribution in [3.05, 3.63) is 164 Å². The Labute approximate surface area is 245 Å². The highest BCUT2D eigenvalue weighted by atomic mass is 16.5. The highest BCUT2D eigenvalue weighted by Crippen LogP contribution is 2.50. The van der Waals surface area contributed by atoms with E-state index >= 15 is 0 Å². The van der Waals surface area contributed by atoms with Crippen LogP contribution in [0.2, 0.25) is 0 Å². The molecule has 0 saturated heterocycles. The summed E-state index contributed by atoms with van der Waals surface area (Å²) < 4.78 is 6.52. The van der Waals surface area contributed by atoms with Crippen molar-refractivity contribution in [2.24, 2.45) is 0 Å². The first kappa shape index (κ1) is 24.2. The molecule has 0 bridgehead atoms. The first-order valence-electron chi connectivity index (χ1n) is 14.3. The van der Waals surface area contributed by atoms with E-state index in [0.717, 1.165) is 50.5 Å². The molecule has 8 rings (SSSR count). The smallest absolute Gasteiger partial charge is 0.135 e. The molecule has 2 nitrogen and oxygen atoms in total. The van der Waals surface area contributed by atoms with Crippen molar-refractivity contribution in [3.63, 3.8) is 0 Å². The minimum Gasteiger partial charge on any atom is -0.456 e. The van der Waals surface area contributed by atoms with Gasteiger partial charge < -0.3 is 9.64 Å². The molecule has 42 heavy (non-hydrogen) atoms. The number of para-hydroxylation sites is 1. The monoisotopic (exact) mass is 537 g/mol. The van der Waals surface area contributed by atoms with E-state index in [2.05, 4.69) is 163 Å². The van der Waals surface area contributed by atoms with Gasteiger partial charge in [0.05, 0.1) is 0 Å². The Balaban J connectivity index is 1.29. The largest absolute Gasteiger partial charge is 0.456 e. The van der Waals surface area contributed by atoms with Gasteiger partial charge in [-0.2, -0.15) is 0 Å². The molecule has 2 heteroatoms. The van der Waals surface area contributed by atoms with Gasteiger partial charge in [0.15, 0.2) is 0 Å². The van der Waals surface area contributed by atoms with Crippen LogP contribution >= 0.6 is 0 Å². The van der Waals surface area contributed by atoms with Crippen LogP contribution in [0, 0.1) is 0 Å². The van der Waals surface area contributed by atoms with Crippen LogP contribution < -0.4 is 9.64 Å². The fraction of sp³-hybridized carbons (Fsp3) is 0. The molecular weight excluding hydrogens is 510 g/mol. The second kappa shape index (κ2) is 10.1. The zero-order valence-electron chi connectivity index (χ0n) is 22.9. The Morgan fingerprint density at radius 3 is 1.67 bits per heavy atom. The number of benzene rings is 7. The number of hydrogen-bond donors (Lipinski definition) is 0. The lowest BCUT2D eigenvalue weighted by molar-refractivity contribution is 0.487. The molecule has 1 aliphatic heterocycles. The second-order valence-corrected chi connectivity index (χ2v) is 10.6. The molecular formula is C40H27NO. The van der Waals surface area contributed by atoms with Crippen LogP contribution in [0.1, 0.15) is 0 Å². The topological polar surface area (TPSA) is 12.5 Å². The normalized spacial score (nSPS) is 11.5. The van der Waals surface area contributed by atoms with E-state index in [-0.39, 0.29) is 0 Å². The van der Waals surface area contributed by atoms with Crippen LogP contribution in [-0.2, 0) is 0 Å². The lowest BCUT2D eigenvalue weighted by atomic mass is 9.92.